The monoisotopic (exact) mass is 1190 g/mol. The van der Waals surface area contributed by atoms with E-state index in [9.17, 15) is 58.6 Å². The van der Waals surface area contributed by atoms with Crippen LogP contribution in [0.1, 0.15) is 110 Å². The van der Waals surface area contributed by atoms with Crippen LogP contribution < -0.4 is 10.6 Å². The molecule has 0 saturated carbocycles. The molecule has 2 heterocycles. The molecule has 0 aliphatic rings. The third-order valence-corrected chi connectivity index (χ3v) is 14.0. The van der Waals surface area contributed by atoms with Gasteiger partial charge in [-0.2, -0.15) is 0 Å². The number of phenols is 2. The van der Waals surface area contributed by atoms with Gasteiger partial charge in [-0.25, -0.2) is 8.78 Å². The van der Waals surface area contributed by atoms with Crippen LogP contribution in [-0.2, 0) is 22.7 Å². The Bertz CT molecular complexity index is 3270. The Hall–Kier alpha value is -7.68. The minimum Gasteiger partial charge on any atom is -0.508 e. The van der Waals surface area contributed by atoms with Crippen molar-refractivity contribution >= 4 is 72.9 Å². The molecule has 2 amide bonds. The van der Waals surface area contributed by atoms with E-state index in [0.717, 1.165) is 11.1 Å². The number of aliphatic carboxylic acids is 2. The Morgan fingerprint density at radius 3 is 1.06 bits per heavy atom. The van der Waals surface area contributed by atoms with E-state index in [0.29, 0.717) is 67.5 Å². The maximum absolute atomic E-state index is 14.1. The van der Waals surface area contributed by atoms with Crippen molar-refractivity contribution in [3.8, 4) is 56.3 Å². The Morgan fingerprint density at radius 2 is 0.765 bits per heavy atom. The van der Waals surface area contributed by atoms with E-state index < -0.39 is 60.8 Å². The molecule has 6 aromatic carbocycles. The summed E-state index contributed by atoms with van der Waals surface area (Å²) in [4.78, 5) is 50.1. The molecule has 0 saturated heterocycles. The zero-order chi connectivity index (χ0) is 60.8. The number of benzene rings is 6. The van der Waals surface area contributed by atoms with Crippen LogP contribution in [0.3, 0.4) is 0 Å². The molecular weight excluding hydrogens is 1120 g/mol. The topological polar surface area (TPSA) is 264 Å². The van der Waals surface area contributed by atoms with Crippen molar-refractivity contribution in [1.29, 1.82) is 0 Å². The maximum atomic E-state index is 14.1. The van der Waals surface area contributed by atoms with Crippen LogP contribution in [0.25, 0.3) is 44.8 Å². The molecule has 4 atom stereocenters. The number of anilines is 2. The van der Waals surface area contributed by atoms with Crippen molar-refractivity contribution in [3.63, 3.8) is 0 Å². The minimum absolute atomic E-state index is 0. The van der Waals surface area contributed by atoms with Gasteiger partial charge in [0.2, 0.25) is 0 Å². The number of aromatic hydroxyl groups is 2. The summed E-state index contributed by atoms with van der Waals surface area (Å²) in [6, 6.07) is 43.1. The van der Waals surface area contributed by atoms with Crippen LogP contribution >= 0.6 is 0 Å². The Labute approximate surface area is 521 Å². The average Bonchev–Trinajstić information content (AvgIpc) is 1.85. The first-order valence-electron chi connectivity index (χ1n) is 27.6. The second kappa shape index (κ2) is 30.9. The fourth-order valence-electron chi connectivity index (χ4n) is 10.5. The van der Waals surface area contributed by atoms with Crippen LogP contribution in [0.5, 0.6) is 11.5 Å². The number of hydrogen-bond acceptors (Lipinski definition) is 10. The molecular formula is C66H70CaF2N4O12. The molecule has 8 rings (SSSR count). The zero-order valence-electron chi connectivity index (χ0n) is 47.7. The van der Waals surface area contributed by atoms with Crippen LogP contribution in [-0.4, -0.2) is 136 Å². The second-order valence-corrected chi connectivity index (χ2v) is 21.2. The molecule has 8 aromatic rings. The number of amides is 2. The third-order valence-electron chi connectivity index (χ3n) is 14.0. The minimum atomic E-state index is -1.20. The molecule has 10 N–H and O–H groups in total. The Balaban J connectivity index is 0.000000269. The number of aliphatic hydroxyl groups is 4. The van der Waals surface area contributed by atoms with Gasteiger partial charge in [0.25, 0.3) is 11.8 Å². The van der Waals surface area contributed by atoms with Gasteiger partial charge in [-0.3, -0.25) is 19.2 Å². The van der Waals surface area contributed by atoms with E-state index in [2.05, 4.69) is 10.6 Å². The first-order valence-corrected chi connectivity index (χ1v) is 27.6. The number of rotatable bonds is 24. The number of phenolic OH excluding ortho intramolecular Hbond substituents is 2. The molecule has 16 nitrogen and oxygen atoms in total. The van der Waals surface area contributed by atoms with Gasteiger partial charge < -0.3 is 60.6 Å². The summed E-state index contributed by atoms with van der Waals surface area (Å²) in [5.74, 6) is -4.05. The van der Waals surface area contributed by atoms with Gasteiger partial charge >= 0.3 is 11.9 Å². The quantitative estimate of drug-likeness (QED) is 0.0200. The van der Waals surface area contributed by atoms with E-state index in [4.69, 9.17) is 10.2 Å². The average molecular weight is 1190 g/mol. The molecule has 2 radical (unpaired) electrons. The van der Waals surface area contributed by atoms with Crippen molar-refractivity contribution in [2.75, 3.05) is 10.6 Å². The zero-order valence-corrected chi connectivity index (χ0v) is 49.9. The molecule has 19 heteroatoms. The first kappa shape index (κ1) is 66.5. The van der Waals surface area contributed by atoms with Gasteiger partial charge in [-0.15, -0.1) is 0 Å². The summed E-state index contributed by atoms with van der Waals surface area (Å²) in [6.45, 7) is 8.32. The van der Waals surface area contributed by atoms with Crippen LogP contribution in [0, 0.1) is 11.6 Å². The molecule has 0 bridgehead atoms. The van der Waals surface area contributed by atoms with Crippen LogP contribution in [0.15, 0.2) is 158 Å². The van der Waals surface area contributed by atoms with Gasteiger partial charge in [0.1, 0.15) is 23.1 Å². The Morgan fingerprint density at radius 1 is 0.447 bits per heavy atom. The molecule has 0 aliphatic carbocycles. The van der Waals surface area contributed by atoms with Crippen molar-refractivity contribution in [2.45, 2.75) is 116 Å². The number of halogens is 2. The summed E-state index contributed by atoms with van der Waals surface area (Å²) < 4.78 is 31.9. The fourth-order valence-corrected chi connectivity index (χ4v) is 10.5. The van der Waals surface area contributed by atoms with Crippen LogP contribution in [0.2, 0.25) is 0 Å². The number of aliphatic hydroxyl groups excluding tert-OH is 4. The van der Waals surface area contributed by atoms with E-state index in [-0.39, 0.29) is 112 Å². The van der Waals surface area contributed by atoms with Crippen molar-refractivity contribution in [3.05, 3.63) is 192 Å². The predicted molar refractivity (Wildman–Crippen MR) is 324 cm³/mol. The second-order valence-electron chi connectivity index (χ2n) is 21.2. The molecule has 0 unspecified atom stereocenters. The van der Waals surface area contributed by atoms with E-state index in [1.165, 1.54) is 48.5 Å². The largest absolute Gasteiger partial charge is 0.508 e. The number of carboxylic acid groups (broad SMARTS) is 2. The fraction of sp³-hybridized carbons (Fsp3) is 0.273. The number of carbonyl (C=O) groups is 4. The summed E-state index contributed by atoms with van der Waals surface area (Å²) >= 11 is 0. The molecule has 0 spiro atoms. The Kier molecular flexibility index (Phi) is 24.2. The normalized spacial score (nSPS) is 12.6. The van der Waals surface area contributed by atoms with Crippen molar-refractivity contribution in [1.82, 2.24) is 9.13 Å². The molecule has 442 valence electrons. The van der Waals surface area contributed by atoms with E-state index in [1.807, 2.05) is 97.5 Å². The standard InChI is InChI=1S/2C33H35FN2O6.Ca/c2*1-20(2)31-30(33(42)35-24-12-14-25(37)15-13-24)29(21-6-4-3-5-7-21)32(22-8-10-23(34)11-9-22)36(31)17-16-26(38)18-27(39)19-28(40)41;/h2*3-15,20,26-27,37-39H,16-19H2,1-2H3,(H,35,42)(H,40,41);/t2*26-,27-;/m11./s1. The molecule has 85 heavy (non-hydrogen) atoms. The third kappa shape index (κ3) is 17.7. The molecule has 2 aromatic heterocycles. The molecule has 0 aliphatic heterocycles. The summed E-state index contributed by atoms with van der Waals surface area (Å²) in [5.41, 5.74) is 8.71. The summed E-state index contributed by atoms with van der Waals surface area (Å²) in [6.07, 6.45) is -5.23. The van der Waals surface area contributed by atoms with Gasteiger partial charge in [0, 0.05) is 84.7 Å². The SMILES string of the molecule is CC(C)c1c(C(=O)Nc2ccc(O)cc2)c(-c2ccccc2)c(-c2ccc(F)cc2)n1CC[C@@H](O)C[C@@H](O)CC(=O)O.CC(C)c1c(C(=O)Nc2ccc(O)cc2)c(-c2ccccc2)c(-c2ccc(F)cc2)n1CC[C@@H](O)C[C@@H](O)CC(=O)O.[Ca]. The number of carbonyl (C=O) groups excluding carboxylic acids is 2. The van der Waals surface area contributed by atoms with Gasteiger partial charge in [-0.1, -0.05) is 88.4 Å². The molecule has 0 fully saturated rings. The number of carboxylic acids is 2. The number of aromatic nitrogens is 2. The smallest absolute Gasteiger partial charge is 0.305 e. The number of hydrogen-bond donors (Lipinski definition) is 10. The van der Waals surface area contributed by atoms with Crippen molar-refractivity contribution in [2.24, 2.45) is 0 Å². The van der Waals surface area contributed by atoms with E-state index >= 15 is 0 Å². The van der Waals surface area contributed by atoms with Gasteiger partial charge in [0.15, 0.2) is 0 Å². The van der Waals surface area contributed by atoms with Crippen molar-refractivity contribution < 1.29 is 68.8 Å². The van der Waals surface area contributed by atoms with Gasteiger partial charge in [0.05, 0.1) is 59.8 Å². The summed E-state index contributed by atoms with van der Waals surface area (Å²) in [5, 5.41) is 84.8. The van der Waals surface area contributed by atoms with Crippen LogP contribution in [0.4, 0.5) is 20.2 Å². The first-order chi connectivity index (χ1) is 40.1. The van der Waals surface area contributed by atoms with E-state index in [1.54, 1.807) is 48.5 Å². The maximum Gasteiger partial charge on any atom is 0.305 e. The predicted octanol–water partition coefficient (Wildman–Crippen LogP) is 11.7. The summed E-state index contributed by atoms with van der Waals surface area (Å²) in [7, 11) is 0. The van der Waals surface area contributed by atoms with Gasteiger partial charge in [-0.05, 0) is 157 Å². The number of nitrogens with one attached hydrogen (secondary N) is 2. The number of nitrogens with zero attached hydrogens (tertiary/aromatic N) is 2.